The number of benzene rings is 1. The van der Waals surface area contributed by atoms with Crippen LogP contribution in [0.25, 0.3) is 10.2 Å². The van der Waals surface area contributed by atoms with E-state index in [1.165, 1.54) is 16.9 Å². The Kier molecular flexibility index (Phi) is 3.92. The molecule has 0 aliphatic carbocycles. The van der Waals surface area contributed by atoms with Crippen molar-refractivity contribution in [3.63, 3.8) is 0 Å². The molecule has 1 amide bonds. The summed E-state index contributed by atoms with van der Waals surface area (Å²) < 4.78 is 1.68. The zero-order chi connectivity index (χ0) is 17.6. The third-order valence-electron chi connectivity index (χ3n) is 4.71. The zero-order valence-corrected chi connectivity index (χ0v) is 15.1. The van der Waals surface area contributed by atoms with Gasteiger partial charge in [-0.05, 0) is 24.5 Å². The van der Waals surface area contributed by atoms with E-state index in [0.29, 0.717) is 19.6 Å². The number of rotatable bonds is 2. The van der Waals surface area contributed by atoms with Crippen LogP contribution < -0.4 is 5.56 Å². The quantitative estimate of drug-likeness (QED) is 0.712. The number of hydrogen-bond acceptors (Lipinski definition) is 4. The molecule has 0 radical (unpaired) electrons. The van der Waals surface area contributed by atoms with Gasteiger partial charge in [-0.25, -0.2) is 4.98 Å². The maximum Gasteiger partial charge on any atom is 0.262 e. The van der Waals surface area contributed by atoms with Crippen molar-refractivity contribution in [2.75, 3.05) is 6.54 Å². The van der Waals surface area contributed by atoms with Crippen molar-refractivity contribution in [2.45, 2.75) is 33.4 Å². The maximum atomic E-state index is 13.0. The van der Waals surface area contributed by atoms with Gasteiger partial charge in [0.25, 0.3) is 5.56 Å². The van der Waals surface area contributed by atoms with Gasteiger partial charge in [-0.1, -0.05) is 29.8 Å². The van der Waals surface area contributed by atoms with Crippen LogP contribution in [0.4, 0.5) is 0 Å². The molecule has 1 aromatic carbocycles. The van der Waals surface area contributed by atoms with Crippen LogP contribution in [-0.4, -0.2) is 26.9 Å². The number of thiophene rings is 1. The molecule has 1 aliphatic rings. The van der Waals surface area contributed by atoms with Crippen LogP contribution in [-0.2, 0) is 24.3 Å². The third kappa shape index (κ3) is 2.87. The number of carbonyl (C=O) groups excluding carboxylic acids is 1. The van der Waals surface area contributed by atoms with Gasteiger partial charge in [0.15, 0.2) is 0 Å². The lowest BCUT2D eigenvalue weighted by atomic mass is 10.1. The fourth-order valence-corrected chi connectivity index (χ4v) is 4.60. The first-order chi connectivity index (χ1) is 12.0. The van der Waals surface area contributed by atoms with Crippen molar-refractivity contribution in [1.82, 2.24) is 14.5 Å². The van der Waals surface area contributed by atoms with Gasteiger partial charge in [-0.2, -0.15) is 0 Å². The van der Waals surface area contributed by atoms with Gasteiger partial charge < -0.3 is 4.90 Å². The molecule has 0 saturated carbocycles. The smallest absolute Gasteiger partial charge is 0.262 e. The van der Waals surface area contributed by atoms with Crippen molar-refractivity contribution in [1.29, 1.82) is 0 Å². The number of carbonyl (C=O) groups is 1. The Bertz CT molecular complexity index is 1030. The summed E-state index contributed by atoms with van der Waals surface area (Å²) in [5, 5.41) is 0.735. The van der Waals surface area contributed by atoms with Crippen LogP contribution in [0.2, 0.25) is 0 Å². The second kappa shape index (κ2) is 6.11. The van der Waals surface area contributed by atoms with E-state index in [2.05, 4.69) is 11.1 Å². The first-order valence-corrected chi connectivity index (χ1v) is 9.15. The molecule has 4 rings (SSSR count). The minimum atomic E-state index is 0.0141. The molecule has 0 bridgehead atoms. The van der Waals surface area contributed by atoms with Gasteiger partial charge in [0, 0.05) is 18.3 Å². The molecule has 0 atom stereocenters. The fraction of sp³-hybridized carbons (Fsp3) is 0.316. The minimum absolute atomic E-state index is 0.0141. The highest BCUT2D eigenvalue weighted by atomic mass is 32.1. The van der Waals surface area contributed by atoms with E-state index in [1.807, 2.05) is 30.0 Å². The topological polar surface area (TPSA) is 55.2 Å². The average molecular weight is 353 g/mol. The van der Waals surface area contributed by atoms with Crippen molar-refractivity contribution >= 4 is 27.5 Å². The number of nitrogens with zero attached hydrogens (tertiary/aromatic N) is 3. The molecule has 0 N–H and O–H groups in total. The highest BCUT2D eigenvalue weighted by Gasteiger charge is 2.24. The normalized spacial score (nSPS) is 13.9. The molecule has 5 nitrogen and oxygen atoms in total. The molecular weight excluding hydrogens is 334 g/mol. The lowest BCUT2D eigenvalue weighted by Crippen LogP contribution is -2.33. The number of fused-ring (bicyclic) bond motifs is 3. The Morgan fingerprint density at radius 3 is 2.96 bits per heavy atom. The van der Waals surface area contributed by atoms with Gasteiger partial charge >= 0.3 is 0 Å². The molecule has 6 heteroatoms. The van der Waals surface area contributed by atoms with Gasteiger partial charge in [0.1, 0.15) is 4.83 Å². The van der Waals surface area contributed by atoms with E-state index in [-0.39, 0.29) is 11.5 Å². The Hall–Kier alpha value is -2.47. The van der Waals surface area contributed by atoms with Crippen LogP contribution in [0.1, 0.15) is 28.5 Å². The van der Waals surface area contributed by atoms with Crippen molar-refractivity contribution in [3.05, 3.63) is 62.5 Å². The average Bonchev–Trinajstić information content (AvgIpc) is 2.95. The lowest BCUT2D eigenvalue weighted by Gasteiger charge is -2.25. The largest absolute Gasteiger partial charge is 0.337 e. The standard InChI is InChI=1S/C19H19N3O2S/c1-12-4-3-5-14(8-12)9-22-11-20-18-17(19(22)24)15-6-7-21(13(2)23)10-16(15)25-18/h3-5,8,11H,6-7,9-10H2,1-2H3. The first-order valence-electron chi connectivity index (χ1n) is 8.33. The van der Waals surface area contributed by atoms with Gasteiger partial charge in [-0.3, -0.25) is 14.2 Å². The summed E-state index contributed by atoms with van der Waals surface area (Å²) in [6.45, 7) is 5.41. The summed E-state index contributed by atoms with van der Waals surface area (Å²) in [7, 11) is 0. The Labute approximate surface area is 149 Å². The van der Waals surface area contributed by atoms with E-state index >= 15 is 0 Å². The molecule has 0 saturated heterocycles. The molecule has 2 aromatic heterocycles. The summed E-state index contributed by atoms with van der Waals surface area (Å²) in [5.41, 5.74) is 3.36. The van der Waals surface area contributed by atoms with E-state index in [0.717, 1.165) is 32.6 Å². The predicted molar refractivity (Wildman–Crippen MR) is 99.0 cm³/mol. The summed E-state index contributed by atoms with van der Waals surface area (Å²) in [6.07, 6.45) is 2.36. The summed E-state index contributed by atoms with van der Waals surface area (Å²) in [6, 6.07) is 8.16. The predicted octanol–water partition coefficient (Wildman–Crippen LogP) is 2.72. The molecule has 3 heterocycles. The van der Waals surface area contributed by atoms with Crippen LogP contribution >= 0.6 is 11.3 Å². The molecule has 3 aromatic rings. The summed E-state index contributed by atoms with van der Waals surface area (Å²) >= 11 is 1.53. The molecule has 1 aliphatic heterocycles. The lowest BCUT2D eigenvalue weighted by molar-refractivity contribution is -0.129. The Morgan fingerprint density at radius 2 is 2.20 bits per heavy atom. The van der Waals surface area contributed by atoms with E-state index in [9.17, 15) is 9.59 Å². The van der Waals surface area contributed by atoms with Gasteiger partial charge in [0.2, 0.25) is 5.91 Å². The first kappa shape index (κ1) is 16.0. The summed E-state index contributed by atoms with van der Waals surface area (Å²) in [4.78, 5) is 32.8. The van der Waals surface area contributed by atoms with Gasteiger partial charge in [0.05, 0.1) is 24.8 Å². The Balaban J connectivity index is 1.76. The molecule has 25 heavy (non-hydrogen) atoms. The molecular formula is C19H19N3O2S. The number of aromatic nitrogens is 2. The monoisotopic (exact) mass is 353 g/mol. The van der Waals surface area contributed by atoms with Crippen molar-refractivity contribution in [3.8, 4) is 0 Å². The number of amides is 1. The van der Waals surface area contributed by atoms with Crippen LogP contribution in [0.5, 0.6) is 0 Å². The summed E-state index contributed by atoms with van der Waals surface area (Å²) in [5.74, 6) is 0.0768. The second-order valence-corrected chi connectivity index (χ2v) is 7.62. The van der Waals surface area contributed by atoms with Crippen LogP contribution in [0.3, 0.4) is 0 Å². The van der Waals surface area contributed by atoms with E-state index < -0.39 is 0 Å². The van der Waals surface area contributed by atoms with E-state index in [4.69, 9.17) is 0 Å². The molecule has 0 fully saturated rings. The molecule has 128 valence electrons. The zero-order valence-electron chi connectivity index (χ0n) is 14.3. The third-order valence-corrected chi connectivity index (χ3v) is 5.83. The highest BCUT2D eigenvalue weighted by Crippen LogP contribution is 2.32. The fourth-order valence-electron chi connectivity index (χ4n) is 3.41. The van der Waals surface area contributed by atoms with Crippen LogP contribution in [0.15, 0.2) is 35.4 Å². The number of aryl methyl sites for hydroxylation is 1. The van der Waals surface area contributed by atoms with Crippen molar-refractivity contribution < 1.29 is 4.79 Å². The minimum Gasteiger partial charge on any atom is -0.337 e. The molecule has 0 spiro atoms. The van der Waals surface area contributed by atoms with Crippen LogP contribution in [0, 0.1) is 6.92 Å². The van der Waals surface area contributed by atoms with Crippen molar-refractivity contribution in [2.24, 2.45) is 0 Å². The Morgan fingerprint density at radius 1 is 1.36 bits per heavy atom. The highest BCUT2D eigenvalue weighted by molar-refractivity contribution is 7.18. The molecule has 0 unspecified atom stereocenters. The SMILES string of the molecule is CC(=O)N1CCc2c(sc3ncn(Cc4cccc(C)c4)c(=O)c23)C1. The van der Waals surface area contributed by atoms with E-state index in [1.54, 1.807) is 17.8 Å². The van der Waals surface area contributed by atoms with Gasteiger partial charge in [-0.15, -0.1) is 11.3 Å². The number of hydrogen-bond donors (Lipinski definition) is 0. The maximum absolute atomic E-state index is 13.0. The second-order valence-electron chi connectivity index (χ2n) is 6.54.